The Balaban J connectivity index is 2.06. The van der Waals surface area contributed by atoms with Gasteiger partial charge in [0.2, 0.25) is 0 Å². The highest BCUT2D eigenvalue weighted by atomic mass is 35.5. The quantitative estimate of drug-likeness (QED) is 0.876. The molecule has 0 unspecified atom stereocenters. The van der Waals surface area contributed by atoms with Crippen molar-refractivity contribution in [3.8, 4) is 0 Å². The minimum absolute atomic E-state index is 0.216. The summed E-state index contributed by atoms with van der Waals surface area (Å²) in [5, 5.41) is 6.15. The molecule has 0 fully saturated rings. The van der Waals surface area contributed by atoms with Crippen LogP contribution < -0.4 is 10.6 Å². The number of hydrogen-bond donors (Lipinski definition) is 2. The van der Waals surface area contributed by atoms with E-state index >= 15 is 0 Å². The summed E-state index contributed by atoms with van der Waals surface area (Å²) in [5.74, 6) is 0.320. The largest absolute Gasteiger partial charge is 0.370 e. The molecule has 2 aromatic heterocycles. The number of hydrogen-bond acceptors (Lipinski definition) is 4. The van der Waals surface area contributed by atoms with Crippen molar-refractivity contribution in [2.24, 2.45) is 0 Å². The molecule has 0 aromatic carbocycles. The number of carbonyl (C=O) groups is 1. The molecule has 2 N–H and O–H groups in total. The number of halogens is 2. The standard InChI is InChI=1S/C13H13Cl2N3OS/c1-2-16-11-6-4-9(14)12(18-11)13(19)17-7-8-3-5-10(15)20-8/h3-6H,2,7H2,1H3,(H,16,18)(H,17,19). The third kappa shape index (κ3) is 3.85. The van der Waals surface area contributed by atoms with Crippen LogP contribution in [0.4, 0.5) is 5.82 Å². The van der Waals surface area contributed by atoms with Crippen molar-refractivity contribution >= 4 is 46.3 Å². The molecule has 0 bridgehead atoms. The summed E-state index contributed by atoms with van der Waals surface area (Å²) in [6, 6.07) is 7.06. The topological polar surface area (TPSA) is 54.0 Å². The first-order valence-electron chi connectivity index (χ1n) is 6.03. The third-order valence-corrected chi connectivity index (χ3v) is 4.01. The number of pyridine rings is 1. The van der Waals surface area contributed by atoms with Gasteiger partial charge in [-0.2, -0.15) is 0 Å². The van der Waals surface area contributed by atoms with Crippen LogP contribution in [0, 0.1) is 0 Å². The number of carbonyl (C=O) groups excluding carboxylic acids is 1. The van der Waals surface area contributed by atoms with E-state index in [0.717, 1.165) is 11.4 Å². The fourth-order valence-corrected chi connectivity index (χ4v) is 2.80. The minimum atomic E-state index is -0.306. The van der Waals surface area contributed by atoms with Crippen LogP contribution in [0.1, 0.15) is 22.3 Å². The average Bonchev–Trinajstić information content (AvgIpc) is 2.84. The highest BCUT2D eigenvalue weighted by molar-refractivity contribution is 7.16. The summed E-state index contributed by atoms with van der Waals surface area (Å²) < 4.78 is 0.694. The Bertz CT molecular complexity index is 615. The number of amides is 1. The van der Waals surface area contributed by atoms with Crippen molar-refractivity contribution in [1.82, 2.24) is 10.3 Å². The summed E-state index contributed by atoms with van der Waals surface area (Å²) >= 11 is 13.3. The van der Waals surface area contributed by atoms with Gasteiger partial charge in [0.15, 0.2) is 0 Å². The molecular weight excluding hydrogens is 317 g/mol. The molecule has 0 saturated heterocycles. The highest BCUT2D eigenvalue weighted by Crippen LogP contribution is 2.21. The Morgan fingerprint density at radius 3 is 2.75 bits per heavy atom. The molecule has 0 aliphatic heterocycles. The maximum absolute atomic E-state index is 12.1. The lowest BCUT2D eigenvalue weighted by atomic mass is 10.3. The van der Waals surface area contributed by atoms with E-state index in [1.165, 1.54) is 11.3 Å². The first-order chi connectivity index (χ1) is 9.60. The van der Waals surface area contributed by atoms with Crippen molar-refractivity contribution in [3.63, 3.8) is 0 Å². The van der Waals surface area contributed by atoms with Crippen molar-refractivity contribution in [1.29, 1.82) is 0 Å². The fraction of sp³-hybridized carbons (Fsp3) is 0.231. The molecule has 2 heterocycles. The lowest BCUT2D eigenvalue weighted by Crippen LogP contribution is -2.24. The SMILES string of the molecule is CCNc1ccc(Cl)c(C(=O)NCc2ccc(Cl)s2)n1. The molecule has 4 nitrogen and oxygen atoms in total. The van der Waals surface area contributed by atoms with Crippen LogP contribution in [0.2, 0.25) is 9.36 Å². The molecular formula is C13H13Cl2N3OS. The van der Waals surface area contributed by atoms with Crippen LogP contribution in [0.5, 0.6) is 0 Å². The number of rotatable bonds is 5. The van der Waals surface area contributed by atoms with E-state index in [9.17, 15) is 4.79 Å². The maximum atomic E-state index is 12.1. The van der Waals surface area contributed by atoms with Crippen LogP contribution in [-0.2, 0) is 6.54 Å². The van der Waals surface area contributed by atoms with Crippen LogP contribution in [0.3, 0.4) is 0 Å². The summed E-state index contributed by atoms with van der Waals surface area (Å²) in [5.41, 5.74) is 0.216. The van der Waals surface area contributed by atoms with Gasteiger partial charge in [0.1, 0.15) is 11.5 Å². The predicted octanol–water partition coefficient (Wildman–Crippen LogP) is 3.81. The molecule has 0 spiro atoms. The van der Waals surface area contributed by atoms with Crippen LogP contribution in [0.15, 0.2) is 24.3 Å². The van der Waals surface area contributed by atoms with Gasteiger partial charge in [-0.15, -0.1) is 11.3 Å². The average molecular weight is 330 g/mol. The molecule has 106 valence electrons. The molecule has 0 aliphatic rings. The van der Waals surface area contributed by atoms with Crippen LogP contribution in [0.25, 0.3) is 0 Å². The normalized spacial score (nSPS) is 10.3. The summed E-state index contributed by atoms with van der Waals surface area (Å²) in [6.45, 7) is 3.08. The maximum Gasteiger partial charge on any atom is 0.271 e. The van der Waals surface area contributed by atoms with Crippen molar-refractivity contribution < 1.29 is 4.79 Å². The fourth-order valence-electron chi connectivity index (χ4n) is 1.58. The van der Waals surface area contributed by atoms with E-state index in [2.05, 4.69) is 15.6 Å². The zero-order valence-corrected chi connectivity index (χ0v) is 13.1. The zero-order valence-electron chi connectivity index (χ0n) is 10.7. The minimum Gasteiger partial charge on any atom is -0.370 e. The van der Waals surface area contributed by atoms with E-state index in [1.54, 1.807) is 18.2 Å². The van der Waals surface area contributed by atoms with Gasteiger partial charge in [0, 0.05) is 11.4 Å². The van der Waals surface area contributed by atoms with E-state index in [4.69, 9.17) is 23.2 Å². The van der Waals surface area contributed by atoms with Gasteiger partial charge < -0.3 is 10.6 Å². The summed E-state index contributed by atoms with van der Waals surface area (Å²) in [6.07, 6.45) is 0. The zero-order chi connectivity index (χ0) is 14.5. The van der Waals surface area contributed by atoms with Gasteiger partial charge in [0.05, 0.1) is 15.9 Å². The smallest absolute Gasteiger partial charge is 0.271 e. The third-order valence-electron chi connectivity index (χ3n) is 2.47. The summed E-state index contributed by atoms with van der Waals surface area (Å²) in [4.78, 5) is 17.3. The molecule has 20 heavy (non-hydrogen) atoms. The Hall–Kier alpha value is -1.30. The number of nitrogens with zero attached hydrogens (tertiary/aromatic N) is 1. The van der Waals surface area contributed by atoms with E-state index in [-0.39, 0.29) is 11.6 Å². The van der Waals surface area contributed by atoms with Gasteiger partial charge in [-0.05, 0) is 31.2 Å². The lowest BCUT2D eigenvalue weighted by Gasteiger charge is -2.08. The first kappa shape index (κ1) is 15.1. The molecule has 0 saturated carbocycles. The second-order valence-corrected chi connectivity index (χ2v) is 6.15. The molecule has 7 heteroatoms. The molecule has 1 amide bonds. The molecule has 0 radical (unpaired) electrons. The van der Waals surface area contributed by atoms with Crippen LogP contribution in [-0.4, -0.2) is 17.4 Å². The first-order valence-corrected chi connectivity index (χ1v) is 7.60. The molecule has 0 aliphatic carbocycles. The van der Waals surface area contributed by atoms with Crippen LogP contribution >= 0.6 is 34.5 Å². The van der Waals surface area contributed by atoms with Crippen molar-refractivity contribution in [2.45, 2.75) is 13.5 Å². The van der Waals surface area contributed by atoms with Gasteiger partial charge in [-0.3, -0.25) is 4.79 Å². The molecule has 2 aromatic rings. The van der Waals surface area contributed by atoms with E-state index in [0.29, 0.717) is 21.7 Å². The highest BCUT2D eigenvalue weighted by Gasteiger charge is 2.13. The van der Waals surface area contributed by atoms with Crippen molar-refractivity contribution in [3.05, 3.63) is 44.2 Å². The number of anilines is 1. The Morgan fingerprint density at radius 2 is 2.10 bits per heavy atom. The molecule has 0 atom stereocenters. The van der Waals surface area contributed by atoms with Crippen molar-refractivity contribution in [2.75, 3.05) is 11.9 Å². The van der Waals surface area contributed by atoms with Gasteiger partial charge >= 0.3 is 0 Å². The number of thiophene rings is 1. The summed E-state index contributed by atoms with van der Waals surface area (Å²) in [7, 11) is 0. The second-order valence-electron chi connectivity index (χ2n) is 3.95. The van der Waals surface area contributed by atoms with Gasteiger partial charge in [-0.25, -0.2) is 4.98 Å². The molecule has 2 rings (SSSR count). The monoisotopic (exact) mass is 329 g/mol. The Morgan fingerprint density at radius 1 is 1.30 bits per heavy atom. The lowest BCUT2D eigenvalue weighted by molar-refractivity contribution is 0.0946. The van der Waals surface area contributed by atoms with Gasteiger partial charge in [0.25, 0.3) is 5.91 Å². The number of nitrogens with one attached hydrogen (secondary N) is 2. The van der Waals surface area contributed by atoms with E-state index < -0.39 is 0 Å². The second kappa shape index (κ2) is 6.92. The van der Waals surface area contributed by atoms with E-state index in [1.807, 2.05) is 13.0 Å². The Kier molecular flexibility index (Phi) is 5.23. The predicted molar refractivity (Wildman–Crippen MR) is 83.9 cm³/mol. The number of aromatic nitrogens is 1. The Labute approximate surface area is 131 Å². The van der Waals surface area contributed by atoms with Gasteiger partial charge in [-0.1, -0.05) is 23.2 Å².